The molecule has 160 valence electrons. The maximum absolute atomic E-state index is 13.2. The molecule has 0 unspecified atom stereocenters. The lowest BCUT2D eigenvalue weighted by Gasteiger charge is -2.23. The molecule has 2 N–H and O–H groups in total. The summed E-state index contributed by atoms with van der Waals surface area (Å²) in [5.74, 6) is 0.202. The van der Waals surface area contributed by atoms with Crippen LogP contribution in [0.3, 0.4) is 0 Å². The topological polar surface area (TPSA) is 91.7 Å². The van der Waals surface area contributed by atoms with Crippen LogP contribution in [-0.4, -0.2) is 46.1 Å². The lowest BCUT2D eigenvalue weighted by Crippen LogP contribution is -2.28. The largest absolute Gasteiger partial charge is 0.496 e. The van der Waals surface area contributed by atoms with Gasteiger partial charge in [0.1, 0.15) is 5.75 Å². The summed E-state index contributed by atoms with van der Waals surface area (Å²) >= 11 is 0. The first kappa shape index (κ1) is 21.6. The van der Waals surface area contributed by atoms with E-state index in [1.165, 1.54) is 7.11 Å². The number of rotatable bonds is 7. The van der Waals surface area contributed by atoms with Gasteiger partial charge in [-0.1, -0.05) is 6.92 Å². The van der Waals surface area contributed by atoms with E-state index in [1.54, 1.807) is 19.2 Å². The summed E-state index contributed by atoms with van der Waals surface area (Å²) in [5.41, 5.74) is 3.97. The predicted molar refractivity (Wildman–Crippen MR) is 116 cm³/mol. The van der Waals surface area contributed by atoms with E-state index >= 15 is 0 Å². The fourth-order valence-corrected chi connectivity index (χ4v) is 3.78. The number of pyridine rings is 1. The Kier molecular flexibility index (Phi) is 6.26. The molecule has 0 aliphatic carbocycles. The molecule has 0 saturated carbocycles. The van der Waals surface area contributed by atoms with Crippen LogP contribution >= 0.6 is 0 Å². The third-order valence-electron chi connectivity index (χ3n) is 5.65. The molecule has 1 amide bonds. The molecule has 3 aromatic heterocycles. The van der Waals surface area contributed by atoms with E-state index in [-0.39, 0.29) is 24.1 Å². The van der Waals surface area contributed by atoms with E-state index in [9.17, 15) is 9.59 Å². The van der Waals surface area contributed by atoms with Crippen molar-refractivity contribution in [1.82, 2.24) is 24.8 Å². The Balaban J connectivity index is 1.99. The van der Waals surface area contributed by atoms with Crippen LogP contribution in [0.1, 0.15) is 52.8 Å². The van der Waals surface area contributed by atoms with Crippen molar-refractivity contribution in [2.24, 2.45) is 0 Å². The highest BCUT2D eigenvalue weighted by Crippen LogP contribution is 2.29. The van der Waals surface area contributed by atoms with E-state index in [0.29, 0.717) is 22.6 Å². The normalized spacial score (nSPS) is 12.4. The second-order valence-corrected chi connectivity index (χ2v) is 7.47. The lowest BCUT2D eigenvalue weighted by molar-refractivity contribution is 0.0951. The number of nitrogens with one attached hydrogen (secondary N) is 2. The van der Waals surface area contributed by atoms with Crippen LogP contribution < -0.4 is 15.6 Å². The van der Waals surface area contributed by atoms with Crippen molar-refractivity contribution in [3.8, 4) is 5.75 Å². The first-order valence-electron chi connectivity index (χ1n) is 10.0. The van der Waals surface area contributed by atoms with Gasteiger partial charge in [-0.05, 0) is 58.1 Å². The number of nitrogens with zero attached hydrogens (tertiary/aromatic N) is 3. The summed E-state index contributed by atoms with van der Waals surface area (Å²) in [7, 11) is 3.55. The Morgan fingerprint density at radius 2 is 2.13 bits per heavy atom. The molecule has 0 saturated heterocycles. The van der Waals surface area contributed by atoms with Crippen molar-refractivity contribution < 1.29 is 9.53 Å². The van der Waals surface area contributed by atoms with Gasteiger partial charge in [0.05, 0.1) is 36.0 Å². The molecule has 3 rings (SSSR count). The summed E-state index contributed by atoms with van der Waals surface area (Å²) < 4.78 is 7.16. The first-order valence-corrected chi connectivity index (χ1v) is 10.0. The molecule has 0 aliphatic heterocycles. The molecule has 0 radical (unpaired) electrons. The van der Waals surface area contributed by atoms with Crippen molar-refractivity contribution in [3.05, 3.63) is 62.8 Å². The number of fused-ring (bicyclic) bond motifs is 1. The highest BCUT2D eigenvalue weighted by Gasteiger charge is 2.26. The Hall–Kier alpha value is -3.13. The van der Waals surface area contributed by atoms with E-state index in [2.05, 4.69) is 34.1 Å². The summed E-state index contributed by atoms with van der Waals surface area (Å²) in [4.78, 5) is 30.5. The molecule has 0 aliphatic rings. The second kappa shape index (κ2) is 8.71. The van der Waals surface area contributed by atoms with Gasteiger partial charge in [0.15, 0.2) is 0 Å². The Labute approximate surface area is 175 Å². The van der Waals surface area contributed by atoms with Gasteiger partial charge in [0.25, 0.3) is 11.5 Å². The quantitative estimate of drug-likeness (QED) is 0.624. The molecule has 8 nitrogen and oxygen atoms in total. The van der Waals surface area contributed by atoms with Gasteiger partial charge in [0, 0.05) is 17.9 Å². The van der Waals surface area contributed by atoms with E-state index in [1.807, 2.05) is 30.6 Å². The Morgan fingerprint density at radius 1 is 1.40 bits per heavy atom. The SMILES string of the molecule is CCN(C)[C@H](C)c1c(C)c(C(=O)NCc2c(OC)cc(C)[nH]c2=O)c2cccnn12. The summed E-state index contributed by atoms with van der Waals surface area (Å²) in [5, 5.41) is 7.37. The van der Waals surface area contributed by atoms with Gasteiger partial charge in [0.2, 0.25) is 0 Å². The van der Waals surface area contributed by atoms with Gasteiger partial charge < -0.3 is 15.0 Å². The lowest BCUT2D eigenvalue weighted by atomic mass is 10.1. The van der Waals surface area contributed by atoms with Crippen LogP contribution in [-0.2, 0) is 6.54 Å². The van der Waals surface area contributed by atoms with E-state index in [0.717, 1.165) is 23.3 Å². The number of hydrogen-bond acceptors (Lipinski definition) is 5. The number of amides is 1. The fraction of sp³-hybridized carbons (Fsp3) is 0.409. The molecule has 0 aromatic carbocycles. The number of aryl methyl sites for hydroxylation is 1. The summed E-state index contributed by atoms with van der Waals surface area (Å²) in [6.45, 7) is 8.86. The number of aromatic nitrogens is 3. The summed E-state index contributed by atoms with van der Waals surface area (Å²) in [6, 6.07) is 5.53. The number of aromatic amines is 1. The third kappa shape index (κ3) is 3.82. The minimum absolute atomic E-state index is 0.0639. The van der Waals surface area contributed by atoms with Crippen molar-refractivity contribution in [3.63, 3.8) is 0 Å². The number of methoxy groups -OCH3 is 1. The minimum Gasteiger partial charge on any atom is -0.496 e. The third-order valence-corrected chi connectivity index (χ3v) is 5.65. The van der Waals surface area contributed by atoms with Gasteiger partial charge in [-0.25, -0.2) is 4.52 Å². The van der Waals surface area contributed by atoms with E-state index < -0.39 is 0 Å². The average Bonchev–Trinajstić information content (AvgIpc) is 3.02. The van der Waals surface area contributed by atoms with Gasteiger partial charge in [-0.2, -0.15) is 5.10 Å². The van der Waals surface area contributed by atoms with Crippen molar-refractivity contribution in [2.45, 2.75) is 40.3 Å². The summed E-state index contributed by atoms with van der Waals surface area (Å²) in [6.07, 6.45) is 1.72. The molecule has 3 heterocycles. The molecule has 1 atom stereocenters. The molecular formula is C22H29N5O3. The maximum atomic E-state index is 13.2. The zero-order valence-corrected chi connectivity index (χ0v) is 18.4. The maximum Gasteiger partial charge on any atom is 0.256 e. The van der Waals surface area contributed by atoms with Crippen LogP contribution in [0.15, 0.2) is 29.2 Å². The standard InChI is InChI=1S/C22H29N5O3/c1-7-26(5)15(4)20-14(3)19(17-9-8-10-24-27(17)20)22(29)23-12-16-18(30-6)11-13(2)25-21(16)28/h8-11,15H,7,12H2,1-6H3,(H,23,29)(H,25,28)/t15-/m1/s1. The number of carbonyl (C=O) groups is 1. The predicted octanol–water partition coefficient (Wildman–Crippen LogP) is 2.59. The number of H-pyrrole nitrogens is 1. The smallest absolute Gasteiger partial charge is 0.256 e. The monoisotopic (exact) mass is 411 g/mol. The molecule has 8 heteroatoms. The zero-order chi connectivity index (χ0) is 22.0. The van der Waals surface area contributed by atoms with Crippen LogP contribution in [0.25, 0.3) is 5.52 Å². The highest BCUT2D eigenvalue weighted by molar-refractivity contribution is 6.03. The molecule has 0 fully saturated rings. The fourth-order valence-electron chi connectivity index (χ4n) is 3.78. The second-order valence-electron chi connectivity index (χ2n) is 7.47. The number of ether oxygens (including phenoxy) is 1. The minimum atomic E-state index is -0.272. The average molecular weight is 412 g/mol. The molecule has 0 bridgehead atoms. The highest BCUT2D eigenvalue weighted by atomic mass is 16.5. The van der Waals surface area contributed by atoms with Crippen LogP contribution in [0.4, 0.5) is 0 Å². The number of carbonyl (C=O) groups excluding carboxylic acids is 1. The molecule has 3 aromatic rings. The van der Waals surface area contributed by atoms with E-state index in [4.69, 9.17) is 4.74 Å². The van der Waals surface area contributed by atoms with Crippen LogP contribution in [0.5, 0.6) is 5.75 Å². The van der Waals surface area contributed by atoms with Crippen molar-refractivity contribution >= 4 is 11.4 Å². The molecular weight excluding hydrogens is 382 g/mol. The van der Waals surface area contributed by atoms with Crippen molar-refractivity contribution in [1.29, 1.82) is 0 Å². The van der Waals surface area contributed by atoms with Crippen LogP contribution in [0.2, 0.25) is 0 Å². The van der Waals surface area contributed by atoms with Crippen molar-refractivity contribution in [2.75, 3.05) is 20.7 Å². The molecule has 30 heavy (non-hydrogen) atoms. The van der Waals surface area contributed by atoms with Gasteiger partial charge in [-0.15, -0.1) is 0 Å². The van der Waals surface area contributed by atoms with Gasteiger partial charge in [-0.3, -0.25) is 14.5 Å². The number of hydrogen-bond donors (Lipinski definition) is 2. The Bertz CT molecular complexity index is 1130. The van der Waals surface area contributed by atoms with Gasteiger partial charge >= 0.3 is 0 Å². The Morgan fingerprint density at radius 3 is 2.80 bits per heavy atom. The zero-order valence-electron chi connectivity index (χ0n) is 18.4. The molecule has 0 spiro atoms. The first-order chi connectivity index (χ1) is 14.3. The van der Waals surface area contributed by atoms with Crippen LogP contribution in [0, 0.1) is 13.8 Å².